The van der Waals surface area contributed by atoms with Gasteiger partial charge in [0.2, 0.25) is 0 Å². The van der Waals surface area contributed by atoms with Gasteiger partial charge in [-0.25, -0.2) is 0 Å². The minimum Gasteiger partial charge on any atom is -0.479 e. The molecule has 0 fully saturated rings. The summed E-state index contributed by atoms with van der Waals surface area (Å²) in [6.45, 7) is 0.0941. The number of benzene rings is 1. The van der Waals surface area contributed by atoms with E-state index in [9.17, 15) is 0 Å². The van der Waals surface area contributed by atoms with E-state index in [1.54, 1.807) is 0 Å². The van der Waals surface area contributed by atoms with E-state index in [1.807, 2.05) is 49.3 Å². The van der Waals surface area contributed by atoms with Crippen molar-refractivity contribution in [1.29, 1.82) is 5.26 Å². The lowest BCUT2D eigenvalue weighted by atomic mass is 10.3. The van der Waals surface area contributed by atoms with E-state index in [4.69, 9.17) is 10.00 Å². The molecule has 3 nitrogen and oxygen atoms in total. The standard InChI is InChI=1S/C10H12N2O/c1-12(2)9-4-3-5-10(8-9)13-7-6-11/h3-5,8H,7H2,1-2H3. The average Bonchev–Trinajstić information content (AvgIpc) is 2.15. The Morgan fingerprint density at radius 1 is 1.46 bits per heavy atom. The topological polar surface area (TPSA) is 36.3 Å². The second kappa shape index (κ2) is 4.36. The first-order valence-corrected chi connectivity index (χ1v) is 4.01. The van der Waals surface area contributed by atoms with Gasteiger partial charge in [-0.3, -0.25) is 0 Å². The van der Waals surface area contributed by atoms with Crippen LogP contribution < -0.4 is 9.64 Å². The molecule has 0 saturated heterocycles. The van der Waals surface area contributed by atoms with E-state index in [-0.39, 0.29) is 6.61 Å². The third-order valence-corrected chi connectivity index (χ3v) is 1.64. The van der Waals surface area contributed by atoms with Gasteiger partial charge in [-0.05, 0) is 12.1 Å². The molecule has 0 radical (unpaired) electrons. The number of nitriles is 1. The Morgan fingerprint density at radius 3 is 2.85 bits per heavy atom. The van der Waals surface area contributed by atoms with Crippen LogP contribution in [0.15, 0.2) is 24.3 Å². The molecule has 1 rings (SSSR count). The maximum atomic E-state index is 8.32. The number of hydrogen-bond donors (Lipinski definition) is 0. The van der Waals surface area contributed by atoms with E-state index >= 15 is 0 Å². The van der Waals surface area contributed by atoms with Gasteiger partial charge in [-0.1, -0.05) is 6.07 Å². The first kappa shape index (κ1) is 9.40. The number of hydrogen-bond acceptors (Lipinski definition) is 3. The quantitative estimate of drug-likeness (QED) is 0.702. The van der Waals surface area contributed by atoms with Crippen molar-refractivity contribution in [2.75, 3.05) is 25.6 Å². The lowest BCUT2D eigenvalue weighted by Crippen LogP contribution is -2.08. The van der Waals surface area contributed by atoms with Crippen molar-refractivity contribution >= 4 is 5.69 Å². The Kier molecular flexibility index (Phi) is 3.15. The highest BCUT2D eigenvalue weighted by molar-refractivity contribution is 5.49. The van der Waals surface area contributed by atoms with Crippen LogP contribution in [0.25, 0.3) is 0 Å². The van der Waals surface area contributed by atoms with E-state index in [1.165, 1.54) is 0 Å². The van der Waals surface area contributed by atoms with Crippen LogP contribution in [0.2, 0.25) is 0 Å². The van der Waals surface area contributed by atoms with Crippen LogP contribution >= 0.6 is 0 Å². The van der Waals surface area contributed by atoms with Gasteiger partial charge in [0.25, 0.3) is 0 Å². The second-order valence-corrected chi connectivity index (χ2v) is 2.84. The zero-order chi connectivity index (χ0) is 9.68. The number of rotatable bonds is 3. The van der Waals surface area contributed by atoms with Crippen molar-refractivity contribution in [1.82, 2.24) is 0 Å². The average molecular weight is 176 g/mol. The Hall–Kier alpha value is -1.69. The van der Waals surface area contributed by atoms with Crippen LogP contribution in [0.1, 0.15) is 0 Å². The summed E-state index contributed by atoms with van der Waals surface area (Å²) in [7, 11) is 3.92. The SMILES string of the molecule is CN(C)c1cccc(OCC#N)c1. The minimum absolute atomic E-state index is 0.0941. The van der Waals surface area contributed by atoms with Gasteiger partial charge in [0.1, 0.15) is 11.8 Å². The third kappa shape index (κ3) is 2.68. The Bertz CT molecular complexity index is 315. The molecule has 0 unspecified atom stereocenters. The van der Waals surface area contributed by atoms with Gasteiger partial charge >= 0.3 is 0 Å². The zero-order valence-corrected chi connectivity index (χ0v) is 7.82. The van der Waals surface area contributed by atoms with Gasteiger partial charge in [-0.15, -0.1) is 0 Å². The fourth-order valence-electron chi connectivity index (χ4n) is 0.967. The van der Waals surface area contributed by atoms with Crippen LogP contribution in [0.4, 0.5) is 5.69 Å². The van der Waals surface area contributed by atoms with E-state index in [0.717, 1.165) is 11.4 Å². The molecule has 0 heterocycles. The molecule has 68 valence electrons. The maximum Gasteiger partial charge on any atom is 0.174 e. The molecule has 0 spiro atoms. The fraction of sp³-hybridized carbons (Fsp3) is 0.300. The highest BCUT2D eigenvalue weighted by atomic mass is 16.5. The van der Waals surface area contributed by atoms with Crippen molar-refractivity contribution in [3.63, 3.8) is 0 Å². The van der Waals surface area contributed by atoms with E-state index in [2.05, 4.69) is 0 Å². The van der Waals surface area contributed by atoms with Gasteiger partial charge < -0.3 is 9.64 Å². The Morgan fingerprint density at radius 2 is 2.23 bits per heavy atom. The molecule has 0 aliphatic rings. The van der Waals surface area contributed by atoms with Crippen molar-refractivity contribution in [2.45, 2.75) is 0 Å². The molecule has 0 aliphatic heterocycles. The molecule has 0 N–H and O–H groups in total. The molecule has 0 aliphatic carbocycles. The molecule has 1 aromatic carbocycles. The second-order valence-electron chi connectivity index (χ2n) is 2.84. The van der Waals surface area contributed by atoms with Crippen molar-refractivity contribution in [3.05, 3.63) is 24.3 Å². The third-order valence-electron chi connectivity index (χ3n) is 1.64. The maximum absolute atomic E-state index is 8.32. The summed E-state index contributed by atoms with van der Waals surface area (Å²) in [6.07, 6.45) is 0. The summed E-state index contributed by atoms with van der Waals surface area (Å²) in [5.74, 6) is 0.729. The monoisotopic (exact) mass is 176 g/mol. The van der Waals surface area contributed by atoms with E-state index in [0.29, 0.717) is 0 Å². The zero-order valence-electron chi connectivity index (χ0n) is 7.82. The summed E-state index contributed by atoms with van der Waals surface area (Å²) >= 11 is 0. The van der Waals surface area contributed by atoms with Crippen LogP contribution in [-0.2, 0) is 0 Å². The summed E-state index contributed by atoms with van der Waals surface area (Å²) in [5, 5.41) is 8.32. The molecule has 0 bridgehead atoms. The predicted octanol–water partition coefficient (Wildman–Crippen LogP) is 1.65. The lowest BCUT2D eigenvalue weighted by Gasteiger charge is -2.13. The Labute approximate surface area is 78.2 Å². The number of nitrogens with zero attached hydrogens (tertiary/aromatic N) is 2. The summed E-state index contributed by atoms with van der Waals surface area (Å²) in [4.78, 5) is 1.99. The first-order valence-electron chi connectivity index (χ1n) is 4.01. The van der Waals surface area contributed by atoms with Crippen molar-refractivity contribution < 1.29 is 4.74 Å². The van der Waals surface area contributed by atoms with Crippen LogP contribution in [-0.4, -0.2) is 20.7 Å². The largest absolute Gasteiger partial charge is 0.479 e. The van der Waals surface area contributed by atoms with Gasteiger partial charge in [-0.2, -0.15) is 5.26 Å². The molecule has 3 heteroatoms. The molecular formula is C10H12N2O. The van der Waals surface area contributed by atoms with Crippen molar-refractivity contribution in [2.24, 2.45) is 0 Å². The summed E-state index contributed by atoms with van der Waals surface area (Å²) in [6, 6.07) is 9.56. The molecule has 0 aromatic heterocycles. The fourth-order valence-corrected chi connectivity index (χ4v) is 0.967. The molecule has 13 heavy (non-hydrogen) atoms. The minimum atomic E-state index is 0.0941. The molecule has 0 saturated carbocycles. The van der Waals surface area contributed by atoms with Gasteiger partial charge in [0.05, 0.1) is 0 Å². The summed E-state index contributed by atoms with van der Waals surface area (Å²) in [5.41, 5.74) is 1.07. The van der Waals surface area contributed by atoms with Crippen LogP contribution in [0, 0.1) is 11.3 Å². The van der Waals surface area contributed by atoms with Crippen LogP contribution in [0.5, 0.6) is 5.75 Å². The smallest absolute Gasteiger partial charge is 0.174 e. The van der Waals surface area contributed by atoms with Gasteiger partial charge in [0.15, 0.2) is 6.61 Å². The molecule has 0 amide bonds. The highest BCUT2D eigenvalue weighted by Gasteiger charge is 1.97. The van der Waals surface area contributed by atoms with Crippen LogP contribution in [0.3, 0.4) is 0 Å². The lowest BCUT2D eigenvalue weighted by molar-refractivity contribution is 0.368. The predicted molar refractivity (Wildman–Crippen MR) is 51.9 cm³/mol. The summed E-state index contributed by atoms with van der Waals surface area (Å²) < 4.78 is 5.16. The first-order chi connectivity index (χ1) is 6.24. The van der Waals surface area contributed by atoms with E-state index < -0.39 is 0 Å². The number of anilines is 1. The molecule has 0 atom stereocenters. The van der Waals surface area contributed by atoms with Crippen molar-refractivity contribution in [3.8, 4) is 11.8 Å². The molecular weight excluding hydrogens is 164 g/mol. The van der Waals surface area contributed by atoms with Gasteiger partial charge in [0, 0.05) is 25.8 Å². The highest BCUT2D eigenvalue weighted by Crippen LogP contribution is 2.18. The Balaban J connectivity index is 2.75. The molecule has 1 aromatic rings. The number of ether oxygens (including phenoxy) is 1. The normalized spacial score (nSPS) is 9.00.